The van der Waals surface area contributed by atoms with Crippen molar-refractivity contribution in [2.75, 3.05) is 19.1 Å². The number of carbonyl (C=O) groups excluding carboxylic acids is 2. The predicted molar refractivity (Wildman–Crippen MR) is 73.1 cm³/mol. The summed E-state index contributed by atoms with van der Waals surface area (Å²) < 4.78 is 4.75. The summed E-state index contributed by atoms with van der Waals surface area (Å²) in [7, 11) is 3.05. The van der Waals surface area contributed by atoms with Crippen LogP contribution in [0.5, 0.6) is 0 Å². The molecule has 1 unspecified atom stereocenters. The average molecular weight is 261 g/mol. The van der Waals surface area contributed by atoms with E-state index in [2.05, 4.69) is 0 Å². The van der Waals surface area contributed by atoms with Crippen molar-refractivity contribution in [1.29, 1.82) is 0 Å². The molecular weight excluding hydrogens is 242 g/mol. The maximum Gasteiger partial charge on any atom is 0.339 e. The fourth-order valence-corrected chi connectivity index (χ4v) is 2.27. The van der Waals surface area contributed by atoms with Gasteiger partial charge in [-0.1, -0.05) is 19.1 Å². The SMILES string of the molecule is COC(=O)c1ccccc1N(C)C(=O)C(C)C1CC1. The standard InChI is InChI=1S/C15H19NO3/c1-10(11-8-9-11)14(17)16(2)13-7-5-4-6-12(13)15(18)19-3/h4-7,10-11H,8-9H2,1-3H3. The van der Waals surface area contributed by atoms with Gasteiger partial charge in [-0.25, -0.2) is 4.79 Å². The molecule has 102 valence electrons. The summed E-state index contributed by atoms with van der Waals surface area (Å²) in [6.07, 6.45) is 2.25. The first-order chi connectivity index (χ1) is 9.06. The minimum absolute atomic E-state index is 0.00991. The topological polar surface area (TPSA) is 46.6 Å². The summed E-state index contributed by atoms with van der Waals surface area (Å²) in [4.78, 5) is 25.6. The molecule has 0 N–H and O–H groups in total. The van der Waals surface area contributed by atoms with Gasteiger partial charge in [-0.15, -0.1) is 0 Å². The van der Waals surface area contributed by atoms with Crippen molar-refractivity contribution in [2.45, 2.75) is 19.8 Å². The number of amides is 1. The van der Waals surface area contributed by atoms with Crippen molar-refractivity contribution in [2.24, 2.45) is 11.8 Å². The molecule has 1 aromatic rings. The number of benzene rings is 1. The Hall–Kier alpha value is -1.84. The van der Waals surface area contributed by atoms with Crippen LogP contribution in [0.3, 0.4) is 0 Å². The smallest absolute Gasteiger partial charge is 0.339 e. The van der Waals surface area contributed by atoms with Gasteiger partial charge in [0.2, 0.25) is 5.91 Å². The van der Waals surface area contributed by atoms with Crippen LogP contribution < -0.4 is 4.90 Å². The number of para-hydroxylation sites is 1. The summed E-state index contributed by atoms with van der Waals surface area (Å²) in [6.45, 7) is 1.96. The molecule has 1 atom stereocenters. The zero-order chi connectivity index (χ0) is 14.0. The largest absolute Gasteiger partial charge is 0.465 e. The number of carbonyl (C=O) groups is 2. The van der Waals surface area contributed by atoms with E-state index in [1.807, 2.05) is 13.0 Å². The molecule has 0 heterocycles. The molecule has 0 aromatic heterocycles. The summed E-state index contributed by atoms with van der Waals surface area (Å²) in [6, 6.07) is 7.02. The van der Waals surface area contributed by atoms with Crippen LogP contribution >= 0.6 is 0 Å². The molecule has 0 spiro atoms. The predicted octanol–water partition coefficient (Wildman–Crippen LogP) is 2.48. The van der Waals surface area contributed by atoms with Crippen LogP contribution in [0.25, 0.3) is 0 Å². The highest BCUT2D eigenvalue weighted by Gasteiger charge is 2.35. The molecule has 0 aliphatic heterocycles. The van der Waals surface area contributed by atoms with E-state index in [1.54, 1.807) is 30.1 Å². The van der Waals surface area contributed by atoms with E-state index >= 15 is 0 Å². The maximum absolute atomic E-state index is 12.4. The Morgan fingerprint density at radius 3 is 2.53 bits per heavy atom. The first-order valence-corrected chi connectivity index (χ1v) is 6.51. The van der Waals surface area contributed by atoms with Crippen LogP contribution in [-0.2, 0) is 9.53 Å². The van der Waals surface area contributed by atoms with E-state index in [-0.39, 0.29) is 11.8 Å². The van der Waals surface area contributed by atoms with Crippen LogP contribution in [0, 0.1) is 11.8 Å². The Balaban J connectivity index is 2.25. The monoisotopic (exact) mass is 261 g/mol. The minimum atomic E-state index is -0.422. The third-order valence-corrected chi connectivity index (χ3v) is 3.72. The zero-order valence-electron chi connectivity index (χ0n) is 11.6. The third kappa shape index (κ3) is 2.78. The van der Waals surface area contributed by atoms with E-state index in [0.29, 0.717) is 17.2 Å². The Bertz CT molecular complexity index is 494. The second-order valence-electron chi connectivity index (χ2n) is 5.03. The van der Waals surface area contributed by atoms with E-state index in [4.69, 9.17) is 4.74 Å². The lowest BCUT2D eigenvalue weighted by Crippen LogP contribution is -2.33. The van der Waals surface area contributed by atoms with Gasteiger partial charge in [-0.2, -0.15) is 0 Å². The summed E-state index contributed by atoms with van der Waals surface area (Å²) in [5.41, 5.74) is 1.02. The van der Waals surface area contributed by atoms with Gasteiger partial charge in [0.1, 0.15) is 0 Å². The van der Waals surface area contributed by atoms with Gasteiger partial charge in [-0.05, 0) is 30.9 Å². The van der Waals surface area contributed by atoms with Gasteiger partial charge < -0.3 is 9.64 Å². The highest BCUT2D eigenvalue weighted by atomic mass is 16.5. The summed E-state index contributed by atoms with van der Waals surface area (Å²) in [5, 5.41) is 0. The Morgan fingerprint density at radius 2 is 1.95 bits per heavy atom. The third-order valence-electron chi connectivity index (χ3n) is 3.72. The molecule has 1 aliphatic carbocycles. The second-order valence-corrected chi connectivity index (χ2v) is 5.03. The quantitative estimate of drug-likeness (QED) is 0.782. The van der Waals surface area contributed by atoms with Gasteiger partial charge in [0, 0.05) is 13.0 Å². The summed E-state index contributed by atoms with van der Waals surface area (Å²) in [5.74, 6) is 0.143. The molecule has 4 nitrogen and oxygen atoms in total. The zero-order valence-corrected chi connectivity index (χ0v) is 11.6. The van der Waals surface area contributed by atoms with Crippen LogP contribution in [0.15, 0.2) is 24.3 Å². The lowest BCUT2D eigenvalue weighted by molar-refractivity contribution is -0.122. The minimum Gasteiger partial charge on any atom is -0.465 e. The van der Waals surface area contributed by atoms with Gasteiger partial charge in [0.15, 0.2) is 0 Å². The van der Waals surface area contributed by atoms with Gasteiger partial charge in [-0.3, -0.25) is 4.79 Å². The number of esters is 1. The number of anilines is 1. The highest BCUT2D eigenvalue weighted by molar-refractivity contribution is 6.03. The molecule has 19 heavy (non-hydrogen) atoms. The van der Waals surface area contributed by atoms with Crippen LogP contribution in [-0.4, -0.2) is 26.0 Å². The van der Waals surface area contributed by atoms with E-state index in [1.165, 1.54) is 7.11 Å². The van der Waals surface area contributed by atoms with E-state index in [0.717, 1.165) is 12.8 Å². The number of hydrogen-bond donors (Lipinski definition) is 0. The molecule has 1 saturated carbocycles. The van der Waals surface area contributed by atoms with Crippen molar-refractivity contribution in [3.8, 4) is 0 Å². The Morgan fingerprint density at radius 1 is 1.32 bits per heavy atom. The van der Waals surface area contributed by atoms with Crippen LogP contribution in [0.1, 0.15) is 30.1 Å². The fraction of sp³-hybridized carbons (Fsp3) is 0.467. The molecule has 1 amide bonds. The van der Waals surface area contributed by atoms with Crippen molar-refractivity contribution < 1.29 is 14.3 Å². The van der Waals surface area contributed by atoms with E-state index < -0.39 is 5.97 Å². The summed E-state index contributed by atoms with van der Waals surface area (Å²) >= 11 is 0. The molecule has 1 aromatic carbocycles. The molecule has 4 heteroatoms. The van der Waals surface area contributed by atoms with Crippen molar-refractivity contribution in [3.05, 3.63) is 29.8 Å². The Kier molecular flexibility index (Phi) is 3.88. The van der Waals surface area contributed by atoms with Crippen molar-refractivity contribution in [3.63, 3.8) is 0 Å². The molecule has 0 bridgehead atoms. The number of rotatable bonds is 4. The lowest BCUT2D eigenvalue weighted by Gasteiger charge is -2.23. The highest BCUT2D eigenvalue weighted by Crippen LogP contribution is 2.38. The molecule has 2 rings (SSSR count). The molecule has 1 fully saturated rings. The fourth-order valence-electron chi connectivity index (χ4n) is 2.27. The number of ether oxygens (including phenoxy) is 1. The van der Waals surface area contributed by atoms with Crippen LogP contribution in [0.4, 0.5) is 5.69 Å². The van der Waals surface area contributed by atoms with Crippen molar-refractivity contribution >= 4 is 17.6 Å². The van der Waals surface area contributed by atoms with Gasteiger partial charge in [0.25, 0.3) is 0 Å². The number of nitrogens with zero attached hydrogens (tertiary/aromatic N) is 1. The van der Waals surface area contributed by atoms with E-state index in [9.17, 15) is 9.59 Å². The molecular formula is C15H19NO3. The Labute approximate surface area is 113 Å². The average Bonchev–Trinajstić information content (AvgIpc) is 3.28. The lowest BCUT2D eigenvalue weighted by atomic mass is 10.0. The maximum atomic E-state index is 12.4. The number of methoxy groups -OCH3 is 1. The first-order valence-electron chi connectivity index (χ1n) is 6.51. The number of hydrogen-bond acceptors (Lipinski definition) is 3. The van der Waals surface area contributed by atoms with Gasteiger partial charge >= 0.3 is 5.97 Å². The van der Waals surface area contributed by atoms with Crippen molar-refractivity contribution in [1.82, 2.24) is 0 Å². The molecule has 0 saturated heterocycles. The molecule has 0 radical (unpaired) electrons. The molecule has 1 aliphatic rings. The van der Waals surface area contributed by atoms with Crippen LogP contribution in [0.2, 0.25) is 0 Å². The second kappa shape index (κ2) is 5.43. The first kappa shape index (κ1) is 13.6. The normalized spacial score (nSPS) is 15.7. The van der Waals surface area contributed by atoms with Gasteiger partial charge in [0.05, 0.1) is 18.4 Å².